The average Bonchev–Trinajstić information content (AvgIpc) is 2.86. The minimum absolute atomic E-state index is 0.0198. The van der Waals surface area contributed by atoms with Crippen molar-refractivity contribution in [2.75, 3.05) is 5.75 Å². The molecule has 9 heteroatoms. The van der Waals surface area contributed by atoms with Gasteiger partial charge >= 0.3 is 0 Å². The second kappa shape index (κ2) is 6.20. The molecule has 2 rings (SSSR count). The van der Waals surface area contributed by atoms with E-state index in [1.165, 1.54) is 25.1 Å². The van der Waals surface area contributed by atoms with E-state index in [4.69, 9.17) is 0 Å². The highest BCUT2D eigenvalue weighted by Crippen LogP contribution is 2.28. The predicted molar refractivity (Wildman–Crippen MR) is 76.9 cm³/mol. The van der Waals surface area contributed by atoms with Gasteiger partial charge in [-0.05, 0) is 6.07 Å². The number of aromatic amines is 1. The number of aliphatic hydroxyl groups is 2. The Morgan fingerprint density at radius 1 is 1.52 bits per heavy atom. The molecule has 0 radical (unpaired) electrons. The zero-order valence-electron chi connectivity index (χ0n) is 11.0. The number of fused-ring (bicyclic) bond motifs is 1. The molecule has 0 bridgehead atoms. The standard InChI is InChI=1S/C12H13N3O5S/c1-6(16)21-5-10(17)12(18)11-8-4-7(15(19)20)2-3-9(8)13-14-11/h2-4,10,12,17-18H,5H2,1H3,(H,13,14). The van der Waals surface area contributed by atoms with Crippen LogP contribution in [0.4, 0.5) is 5.69 Å². The van der Waals surface area contributed by atoms with Crippen molar-refractivity contribution in [3.8, 4) is 0 Å². The number of nitro groups is 1. The summed E-state index contributed by atoms with van der Waals surface area (Å²) in [6.07, 6.45) is -2.51. The lowest BCUT2D eigenvalue weighted by molar-refractivity contribution is -0.384. The SMILES string of the molecule is CC(=O)SCC(O)C(O)c1[nH]nc2ccc([N+](=O)[O-])cc12. The number of aliphatic hydroxyl groups excluding tert-OH is 2. The van der Waals surface area contributed by atoms with Crippen molar-refractivity contribution < 1.29 is 19.9 Å². The van der Waals surface area contributed by atoms with Crippen LogP contribution >= 0.6 is 11.8 Å². The molecule has 0 aliphatic rings. The zero-order valence-corrected chi connectivity index (χ0v) is 11.8. The van der Waals surface area contributed by atoms with Gasteiger partial charge in [-0.25, -0.2) is 0 Å². The maximum absolute atomic E-state index is 10.9. The number of hydrogen-bond donors (Lipinski definition) is 3. The molecule has 0 saturated carbocycles. The highest BCUT2D eigenvalue weighted by atomic mass is 32.2. The molecule has 0 fully saturated rings. The number of nitrogens with one attached hydrogen (secondary N) is 1. The highest BCUT2D eigenvalue weighted by Gasteiger charge is 2.24. The monoisotopic (exact) mass is 311 g/mol. The Morgan fingerprint density at radius 2 is 2.24 bits per heavy atom. The van der Waals surface area contributed by atoms with E-state index in [2.05, 4.69) is 10.2 Å². The van der Waals surface area contributed by atoms with Crippen LogP contribution in [-0.4, -0.2) is 42.3 Å². The van der Waals surface area contributed by atoms with E-state index in [-0.39, 0.29) is 22.2 Å². The van der Waals surface area contributed by atoms with Crippen LogP contribution in [0.15, 0.2) is 18.2 Å². The predicted octanol–water partition coefficient (Wildman–Crippen LogP) is 1.15. The van der Waals surface area contributed by atoms with Crippen molar-refractivity contribution in [2.24, 2.45) is 0 Å². The van der Waals surface area contributed by atoms with Crippen LogP contribution in [0.5, 0.6) is 0 Å². The first-order valence-corrected chi connectivity index (χ1v) is 7.00. The molecule has 0 saturated heterocycles. The van der Waals surface area contributed by atoms with E-state index in [1.807, 2.05) is 0 Å². The van der Waals surface area contributed by atoms with Gasteiger partial charge < -0.3 is 10.2 Å². The van der Waals surface area contributed by atoms with Gasteiger partial charge in [-0.3, -0.25) is 20.0 Å². The first-order chi connectivity index (χ1) is 9.90. The summed E-state index contributed by atoms with van der Waals surface area (Å²) in [6.45, 7) is 1.36. The minimum Gasteiger partial charge on any atom is -0.389 e. The lowest BCUT2D eigenvalue weighted by Crippen LogP contribution is -2.22. The van der Waals surface area contributed by atoms with E-state index in [0.717, 1.165) is 11.8 Å². The quantitative estimate of drug-likeness (QED) is 0.557. The third-order valence-electron chi connectivity index (χ3n) is 2.90. The fourth-order valence-corrected chi connectivity index (χ4v) is 2.43. The number of carbonyl (C=O) groups excluding carboxylic acids is 1. The summed E-state index contributed by atoms with van der Waals surface area (Å²) in [5.74, 6) is 0.0198. The molecule has 1 heterocycles. The van der Waals surface area contributed by atoms with Gasteiger partial charge in [-0.1, -0.05) is 11.8 Å². The lowest BCUT2D eigenvalue weighted by atomic mass is 10.1. The molecule has 1 aromatic carbocycles. The van der Waals surface area contributed by atoms with Crippen molar-refractivity contribution in [1.29, 1.82) is 0 Å². The van der Waals surface area contributed by atoms with Crippen LogP contribution in [0.2, 0.25) is 0 Å². The molecule has 0 aliphatic heterocycles. The number of rotatable bonds is 5. The lowest BCUT2D eigenvalue weighted by Gasteiger charge is -2.15. The number of aromatic nitrogens is 2. The number of thioether (sulfide) groups is 1. The van der Waals surface area contributed by atoms with Crippen LogP contribution in [0.3, 0.4) is 0 Å². The van der Waals surface area contributed by atoms with Crippen LogP contribution in [0.25, 0.3) is 10.9 Å². The molecule has 3 N–H and O–H groups in total. The van der Waals surface area contributed by atoms with Gasteiger partial charge in [0.05, 0.1) is 22.2 Å². The number of nitro benzene ring substituents is 1. The fraction of sp³-hybridized carbons (Fsp3) is 0.333. The smallest absolute Gasteiger partial charge is 0.270 e. The molecule has 112 valence electrons. The topological polar surface area (TPSA) is 129 Å². The van der Waals surface area contributed by atoms with Gasteiger partial charge in [-0.2, -0.15) is 5.10 Å². The van der Waals surface area contributed by atoms with Crippen LogP contribution in [0, 0.1) is 10.1 Å². The number of carbonyl (C=O) groups is 1. The summed E-state index contributed by atoms with van der Waals surface area (Å²) in [6, 6.07) is 4.04. The van der Waals surface area contributed by atoms with Crippen molar-refractivity contribution in [3.05, 3.63) is 34.0 Å². The summed E-state index contributed by atoms with van der Waals surface area (Å²) in [5, 5.41) is 37.4. The number of H-pyrrole nitrogens is 1. The second-order valence-corrected chi connectivity index (χ2v) is 5.61. The number of benzene rings is 1. The molecule has 1 aromatic heterocycles. The Bertz CT molecular complexity index is 687. The van der Waals surface area contributed by atoms with Crippen molar-refractivity contribution >= 4 is 33.5 Å². The van der Waals surface area contributed by atoms with Gasteiger partial charge in [0.15, 0.2) is 5.12 Å². The second-order valence-electron chi connectivity index (χ2n) is 4.41. The van der Waals surface area contributed by atoms with E-state index in [0.29, 0.717) is 10.9 Å². The normalized spacial score (nSPS) is 14.0. The third-order valence-corrected chi connectivity index (χ3v) is 3.81. The third kappa shape index (κ3) is 3.38. The highest BCUT2D eigenvalue weighted by molar-refractivity contribution is 8.13. The zero-order chi connectivity index (χ0) is 15.6. The van der Waals surface area contributed by atoms with Crippen LogP contribution in [-0.2, 0) is 4.79 Å². The molecule has 8 nitrogen and oxygen atoms in total. The van der Waals surface area contributed by atoms with Gasteiger partial charge in [0, 0.05) is 30.2 Å². The molecule has 21 heavy (non-hydrogen) atoms. The van der Waals surface area contributed by atoms with Crippen molar-refractivity contribution in [3.63, 3.8) is 0 Å². The first-order valence-electron chi connectivity index (χ1n) is 6.02. The molecule has 2 aromatic rings. The summed E-state index contributed by atoms with van der Waals surface area (Å²) in [7, 11) is 0. The Balaban J connectivity index is 2.30. The number of hydrogen-bond acceptors (Lipinski definition) is 7. The Hall–Kier alpha value is -1.97. The first kappa shape index (κ1) is 15.4. The Kier molecular flexibility index (Phi) is 4.56. The summed E-state index contributed by atoms with van der Waals surface area (Å²) >= 11 is 0.887. The van der Waals surface area contributed by atoms with E-state index >= 15 is 0 Å². The number of non-ortho nitro benzene ring substituents is 1. The van der Waals surface area contributed by atoms with Gasteiger partial charge in [0.25, 0.3) is 5.69 Å². The Labute approximate surface area is 123 Å². The Morgan fingerprint density at radius 3 is 2.86 bits per heavy atom. The fourth-order valence-electron chi connectivity index (χ4n) is 1.84. The molecule has 0 spiro atoms. The molecule has 0 amide bonds. The van der Waals surface area contributed by atoms with Crippen molar-refractivity contribution in [2.45, 2.75) is 19.1 Å². The summed E-state index contributed by atoms with van der Waals surface area (Å²) < 4.78 is 0. The van der Waals surface area contributed by atoms with Crippen LogP contribution in [0.1, 0.15) is 18.7 Å². The summed E-state index contributed by atoms with van der Waals surface area (Å²) in [4.78, 5) is 21.1. The number of nitrogens with zero attached hydrogens (tertiary/aromatic N) is 2. The molecular formula is C12H13N3O5S. The van der Waals surface area contributed by atoms with E-state index in [1.54, 1.807) is 0 Å². The van der Waals surface area contributed by atoms with E-state index in [9.17, 15) is 25.1 Å². The van der Waals surface area contributed by atoms with Gasteiger partial charge in [0.1, 0.15) is 6.10 Å². The largest absolute Gasteiger partial charge is 0.389 e. The minimum atomic E-state index is -1.32. The van der Waals surface area contributed by atoms with Gasteiger partial charge in [-0.15, -0.1) is 0 Å². The molecule has 2 atom stereocenters. The van der Waals surface area contributed by atoms with E-state index < -0.39 is 17.1 Å². The van der Waals surface area contributed by atoms with Crippen molar-refractivity contribution in [1.82, 2.24) is 10.2 Å². The molecule has 0 aliphatic carbocycles. The van der Waals surface area contributed by atoms with Gasteiger partial charge in [0.2, 0.25) is 0 Å². The molecular weight excluding hydrogens is 298 g/mol. The summed E-state index contributed by atoms with van der Waals surface area (Å²) in [5.41, 5.74) is 0.497. The maximum atomic E-state index is 10.9. The molecule has 2 unspecified atom stereocenters. The maximum Gasteiger partial charge on any atom is 0.270 e. The van der Waals surface area contributed by atoms with Crippen LogP contribution < -0.4 is 0 Å². The average molecular weight is 311 g/mol.